The first kappa shape index (κ1) is 38.4. The van der Waals surface area contributed by atoms with Crippen molar-refractivity contribution in [1.82, 2.24) is 0 Å². The molecule has 0 fully saturated rings. The van der Waals surface area contributed by atoms with E-state index in [4.69, 9.17) is 20.4 Å². The molecule has 0 amide bonds. The lowest BCUT2D eigenvalue weighted by Crippen LogP contribution is -2.06. The number of allylic oxidation sites excluding steroid dienone is 3. The first-order chi connectivity index (χ1) is 32.0. The molecule has 2 aromatic heterocycles. The molecule has 0 aliphatic rings. The lowest BCUT2D eigenvalue weighted by Gasteiger charge is -2.15. The normalized spacial score (nSPS) is 13.0. The van der Waals surface area contributed by atoms with Gasteiger partial charge in [0.15, 0.2) is 0 Å². The Labute approximate surface area is 376 Å². The summed E-state index contributed by atoms with van der Waals surface area (Å²) in [7, 11) is 0. The number of hydrogen-bond donors (Lipinski definition) is 0. The summed E-state index contributed by atoms with van der Waals surface area (Å²) in [5.74, 6) is 0. The molecule has 12 aromatic rings. The van der Waals surface area contributed by atoms with Crippen LogP contribution in [0.1, 0.15) is 36.6 Å². The van der Waals surface area contributed by atoms with Crippen molar-refractivity contribution in [2.75, 3.05) is 0 Å². The quantitative estimate of drug-likeness (QED) is 0.0869. The summed E-state index contributed by atoms with van der Waals surface area (Å²) in [6, 6.07) is 70.7. The number of para-hydroxylation sites is 1. The molecule has 3 nitrogen and oxygen atoms in total. The Morgan fingerprint density at radius 3 is 1.71 bits per heavy atom. The number of benzene rings is 10. The predicted molar refractivity (Wildman–Crippen MR) is 275 cm³/mol. The van der Waals surface area contributed by atoms with E-state index in [1.54, 1.807) is 0 Å². The average Bonchev–Trinajstić information content (AvgIpc) is 3.95. The minimum absolute atomic E-state index is 0.147. The van der Waals surface area contributed by atoms with Gasteiger partial charge in [0.1, 0.15) is 22.3 Å². The van der Waals surface area contributed by atoms with Gasteiger partial charge in [0, 0.05) is 27.1 Å². The van der Waals surface area contributed by atoms with Gasteiger partial charge in [-0.15, -0.1) is 0 Å². The summed E-state index contributed by atoms with van der Waals surface area (Å²) in [4.78, 5) is 5.47. The summed E-state index contributed by atoms with van der Waals surface area (Å²) in [6.45, 7) is 9.04. The average molecular weight is 834 g/mol. The highest BCUT2D eigenvalue weighted by molar-refractivity contribution is 6.26. The maximum atomic E-state index is 6.61. The summed E-state index contributed by atoms with van der Waals surface area (Å²) in [6.07, 6.45) is 2.18. The SMILES string of the molecule is C=C(/C=C(/C)c1cccc2oc3cccc(-c4cccc5oc6ccccc6c45)c3c12)C(=NC(C)c1cccc(-c2ccc3c4ccccc4c4ccccc4c3c2)c1)c1ccccc1. The standard InChI is InChI=1S/C62H43NO2/c1-38(45-26-14-31-57-60(45)61-52(28-16-32-58(61)65-57)51-27-15-30-56-59(51)53-25-11-12-29-55(53)64-56)35-39(2)62(41-17-5-4-6-18-41)63-40(3)42-19-13-20-43(36-42)44-33-34-50-48-23-8-7-21-46(48)47-22-9-10-24-49(47)54(50)37-44/h4-37,40H,2H2,1,3H3/b38-35-,63-62?. The zero-order chi connectivity index (χ0) is 43.6. The molecule has 12 rings (SSSR count). The molecule has 10 aromatic carbocycles. The molecule has 0 N–H and O–H groups in total. The van der Waals surface area contributed by atoms with E-state index in [1.165, 1.54) is 37.9 Å². The van der Waals surface area contributed by atoms with Gasteiger partial charge in [0.25, 0.3) is 0 Å². The smallest absolute Gasteiger partial charge is 0.136 e. The number of furan rings is 2. The summed E-state index contributed by atoms with van der Waals surface area (Å²) in [5.41, 5.74) is 14.0. The lowest BCUT2D eigenvalue weighted by atomic mass is 9.91. The van der Waals surface area contributed by atoms with E-state index in [1.807, 2.05) is 24.3 Å². The van der Waals surface area contributed by atoms with Gasteiger partial charge in [-0.05, 0) is 133 Å². The van der Waals surface area contributed by atoms with Crippen molar-refractivity contribution in [2.45, 2.75) is 19.9 Å². The Hall–Kier alpha value is -8.27. The zero-order valence-corrected chi connectivity index (χ0v) is 36.2. The molecule has 0 bridgehead atoms. The molecular formula is C62H43NO2. The first-order valence-electron chi connectivity index (χ1n) is 22.3. The van der Waals surface area contributed by atoms with Crippen LogP contribution in [0, 0.1) is 0 Å². The molecule has 0 aliphatic heterocycles. The summed E-state index contributed by atoms with van der Waals surface area (Å²) < 4.78 is 12.9. The highest BCUT2D eigenvalue weighted by Gasteiger charge is 2.21. The van der Waals surface area contributed by atoms with Crippen LogP contribution in [0.3, 0.4) is 0 Å². The highest BCUT2D eigenvalue weighted by Crippen LogP contribution is 2.44. The second-order valence-corrected chi connectivity index (χ2v) is 17.1. The van der Waals surface area contributed by atoms with Crippen molar-refractivity contribution < 1.29 is 8.83 Å². The largest absolute Gasteiger partial charge is 0.456 e. The van der Waals surface area contributed by atoms with Crippen molar-refractivity contribution in [3.05, 3.63) is 235 Å². The molecule has 0 spiro atoms. The summed E-state index contributed by atoms with van der Waals surface area (Å²) >= 11 is 0. The minimum Gasteiger partial charge on any atom is -0.456 e. The third kappa shape index (κ3) is 6.47. The van der Waals surface area contributed by atoms with Crippen LogP contribution in [0.4, 0.5) is 0 Å². The second kappa shape index (κ2) is 15.5. The molecule has 0 aliphatic carbocycles. The molecular weight excluding hydrogens is 791 g/mol. The van der Waals surface area contributed by atoms with Gasteiger partial charge in [-0.1, -0.05) is 170 Å². The number of hydrogen-bond acceptors (Lipinski definition) is 3. The molecule has 3 heteroatoms. The third-order valence-electron chi connectivity index (χ3n) is 13.2. The van der Waals surface area contributed by atoms with Gasteiger partial charge >= 0.3 is 0 Å². The fraction of sp³-hybridized carbons (Fsp3) is 0.0484. The van der Waals surface area contributed by atoms with Crippen LogP contribution in [0.15, 0.2) is 232 Å². The van der Waals surface area contributed by atoms with Crippen molar-refractivity contribution in [2.24, 2.45) is 4.99 Å². The topological polar surface area (TPSA) is 38.6 Å². The maximum Gasteiger partial charge on any atom is 0.136 e. The Morgan fingerprint density at radius 1 is 0.462 bits per heavy atom. The van der Waals surface area contributed by atoms with Crippen molar-refractivity contribution in [3.63, 3.8) is 0 Å². The van der Waals surface area contributed by atoms with Crippen LogP contribution in [0.5, 0.6) is 0 Å². The van der Waals surface area contributed by atoms with E-state index in [2.05, 4.69) is 196 Å². The first-order valence-corrected chi connectivity index (χ1v) is 22.3. The number of rotatable bonds is 8. The van der Waals surface area contributed by atoms with Gasteiger partial charge < -0.3 is 8.83 Å². The van der Waals surface area contributed by atoms with Crippen LogP contribution < -0.4 is 0 Å². The van der Waals surface area contributed by atoms with E-state index in [-0.39, 0.29) is 6.04 Å². The monoisotopic (exact) mass is 833 g/mol. The maximum absolute atomic E-state index is 6.61. The molecule has 0 saturated carbocycles. The van der Waals surface area contributed by atoms with E-state index in [0.29, 0.717) is 0 Å². The van der Waals surface area contributed by atoms with Crippen molar-refractivity contribution >= 4 is 87.5 Å². The molecule has 0 radical (unpaired) electrons. The fourth-order valence-corrected chi connectivity index (χ4v) is 10.1. The van der Waals surface area contributed by atoms with Gasteiger partial charge in [0.2, 0.25) is 0 Å². The van der Waals surface area contributed by atoms with Gasteiger partial charge in [-0.25, -0.2) is 0 Å². The molecule has 308 valence electrons. The van der Waals surface area contributed by atoms with Crippen LogP contribution in [0.2, 0.25) is 0 Å². The van der Waals surface area contributed by atoms with Gasteiger partial charge in [-0.2, -0.15) is 0 Å². The molecule has 1 atom stereocenters. The third-order valence-corrected chi connectivity index (χ3v) is 13.2. The molecule has 65 heavy (non-hydrogen) atoms. The van der Waals surface area contributed by atoms with Gasteiger partial charge in [-0.3, -0.25) is 4.99 Å². The molecule has 1 unspecified atom stereocenters. The molecule has 0 saturated heterocycles. The number of aliphatic imine (C=N–C) groups is 1. The van der Waals surface area contributed by atoms with Crippen LogP contribution in [-0.2, 0) is 0 Å². The van der Waals surface area contributed by atoms with Crippen LogP contribution in [-0.4, -0.2) is 5.71 Å². The fourth-order valence-electron chi connectivity index (χ4n) is 10.1. The minimum atomic E-state index is -0.147. The lowest BCUT2D eigenvalue weighted by molar-refractivity contribution is 0.668. The Balaban J connectivity index is 0.935. The van der Waals surface area contributed by atoms with Crippen molar-refractivity contribution in [3.8, 4) is 22.3 Å². The van der Waals surface area contributed by atoms with E-state index >= 15 is 0 Å². The summed E-state index contributed by atoms with van der Waals surface area (Å²) in [5, 5.41) is 12.0. The van der Waals surface area contributed by atoms with Crippen molar-refractivity contribution in [1.29, 1.82) is 0 Å². The molecule has 2 heterocycles. The Bertz CT molecular complexity index is 3900. The van der Waals surface area contributed by atoms with Gasteiger partial charge in [0.05, 0.1) is 11.8 Å². The number of fused-ring (bicyclic) bond motifs is 12. The van der Waals surface area contributed by atoms with E-state index in [9.17, 15) is 0 Å². The predicted octanol–water partition coefficient (Wildman–Crippen LogP) is 17.5. The second-order valence-electron chi connectivity index (χ2n) is 17.1. The van der Waals surface area contributed by atoms with Crippen LogP contribution >= 0.6 is 0 Å². The Morgan fingerprint density at radius 2 is 0.985 bits per heavy atom. The zero-order valence-electron chi connectivity index (χ0n) is 36.2. The van der Waals surface area contributed by atoms with E-state index in [0.717, 1.165) is 94.1 Å². The number of nitrogens with zero attached hydrogens (tertiary/aromatic N) is 1. The highest BCUT2D eigenvalue weighted by atomic mass is 16.3. The van der Waals surface area contributed by atoms with E-state index < -0.39 is 0 Å². The Kier molecular flexibility index (Phi) is 9.17. The van der Waals surface area contributed by atoms with Crippen LogP contribution in [0.25, 0.3) is 104 Å².